The highest BCUT2D eigenvalue weighted by atomic mass is 79.9. The second kappa shape index (κ2) is 9.83. The van der Waals surface area contributed by atoms with E-state index in [9.17, 15) is 9.90 Å². The molecule has 0 fully saturated rings. The monoisotopic (exact) mass is 634 g/mol. The molecule has 0 aliphatic heterocycles. The Morgan fingerprint density at radius 3 is 1.38 bits per heavy atom. The summed E-state index contributed by atoms with van der Waals surface area (Å²) in [5.41, 5.74) is 0.121. The molecule has 0 atom stereocenters. The molecule has 32 heavy (non-hydrogen) atoms. The van der Waals surface area contributed by atoms with E-state index >= 15 is 0 Å². The molecule has 162 valence electrons. The van der Waals surface area contributed by atoms with E-state index in [2.05, 4.69) is 47.8 Å². The Labute approximate surface area is 213 Å². The number of phenols is 1. The lowest BCUT2D eigenvalue weighted by Crippen LogP contribution is -2.14. The molecular weight excluding hydrogens is 620 g/mol. The van der Waals surface area contributed by atoms with Gasteiger partial charge in [-0.3, -0.25) is 0 Å². The molecule has 7 heteroatoms. The van der Waals surface area contributed by atoms with E-state index < -0.39 is 16.3 Å². The van der Waals surface area contributed by atoms with Gasteiger partial charge >= 0.3 is 5.97 Å². The Kier molecular flexibility index (Phi) is 7.10. The average molecular weight is 637 g/mol. The van der Waals surface area contributed by atoms with Gasteiger partial charge in [0.05, 0.1) is 0 Å². The topological polar surface area (TPSA) is 46.5 Å². The number of hydrogen-bond donors (Lipinski definition) is 1. The Morgan fingerprint density at radius 1 is 0.625 bits per heavy atom. The third-order valence-electron chi connectivity index (χ3n) is 4.76. The Bertz CT molecular complexity index is 1130. The summed E-state index contributed by atoms with van der Waals surface area (Å²) in [6, 6.07) is 29.8. The first-order chi connectivity index (χ1) is 15.4. The minimum absolute atomic E-state index is 0.117. The van der Waals surface area contributed by atoms with Gasteiger partial charge in [0.1, 0.15) is 11.3 Å². The van der Waals surface area contributed by atoms with Gasteiger partial charge in [-0.25, -0.2) is 4.79 Å². The highest BCUT2D eigenvalue weighted by Gasteiger charge is 2.36. The number of carbonyl (C=O) groups is 1. The summed E-state index contributed by atoms with van der Waals surface area (Å²) in [4.78, 5) is 16.0. The largest absolute Gasteiger partial charge is 0.507 e. The van der Waals surface area contributed by atoms with Crippen LogP contribution in [0.5, 0.6) is 5.75 Å². The molecule has 0 radical (unpaired) electrons. The average Bonchev–Trinajstić information content (AvgIpc) is 2.79. The fourth-order valence-corrected chi connectivity index (χ4v) is 7.01. The van der Waals surface area contributed by atoms with Crippen molar-refractivity contribution < 1.29 is 14.1 Å². The van der Waals surface area contributed by atoms with Gasteiger partial charge in [-0.05, 0) is 95.2 Å². The zero-order valence-corrected chi connectivity index (χ0v) is 22.1. The van der Waals surface area contributed by atoms with Crippen LogP contribution in [-0.2, 0) is 4.18 Å². The maximum atomic E-state index is 13.4. The molecule has 1 N–H and O–H groups in total. The lowest BCUT2D eigenvalue weighted by atomic mass is 10.2. The second-order valence-electron chi connectivity index (χ2n) is 6.81. The van der Waals surface area contributed by atoms with Gasteiger partial charge in [-0.1, -0.05) is 59.9 Å². The van der Waals surface area contributed by atoms with Gasteiger partial charge < -0.3 is 9.29 Å². The second-order valence-corrected chi connectivity index (χ2v) is 12.2. The number of benzene rings is 4. The van der Waals surface area contributed by atoms with Crippen LogP contribution < -0.4 is 0 Å². The first kappa shape index (κ1) is 23.1. The Morgan fingerprint density at radius 2 is 1.00 bits per heavy atom. The van der Waals surface area contributed by atoms with E-state index in [1.165, 1.54) is 6.07 Å². The van der Waals surface area contributed by atoms with Gasteiger partial charge in [0.25, 0.3) is 0 Å². The number of para-hydroxylation sites is 1. The molecule has 0 saturated carbocycles. The third kappa shape index (κ3) is 4.66. The summed E-state index contributed by atoms with van der Waals surface area (Å²) >= 11 is 10.5. The van der Waals surface area contributed by atoms with Crippen molar-refractivity contribution in [1.82, 2.24) is 0 Å². The number of rotatable bonds is 5. The highest BCUT2D eigenvalue weighted by Crippen LogP contribution is 2.69. The third-order valence-corrected chi connectivity index (χ3v) is 9.56. The van der Waals surface area contributed by atoms with Crippen LogP contribution in [0.25, 0.3) is 0 Å². The van der Waals surface area contributed by atoms with E-state index in [4.69, 9.17) is 4.18 Å². The van der Waals surface area contributed by atoms with Crippen LogP contribution in [0.15, 0.2) is 125 Å². The predicted octanol–water partition coefficient (Wildman–Crippen LogP) is 8.73. The van der Waals surface area contributed by atoms with Crippen molar-refractivity contribution in [2.45, 2.75) is 14.7 Å². The minimum Gasteiger partial charge on any atom is -0.507 e. The molecule has 4 rings (SSSR count). The van der Waals surface area contributed by atoms with Gasteiger partial charge in [-0.15, -0.1) is 0 Å². The molecule has 0 aliphatic carbocycles. The predicted molar refractivity (Wildman–Crippen MR) is 138 cm³/mol. The first-order valence-corrected chi connectivity index (χ1v) is 13.5. The van der Waals surface area contributed by atoms with E-state index in [0.717, 1.165) is 28.1 Å². The van der Waals surface area contributed by atoms with Crippen molar-refractivity contribution in [3.05, 3.63) is 116 Å². The van der Waals surface area contributed by atoms with E-state index in [-0.39, 0.29) is 11.3 Å². The summed E-state index contributed by atoms with van der Waals surface area (Å²) in [5.74, 6) is -0.708. The minimum atomic E-state index is -2.47. The van der Waals surface area contributed by atoms with Crippen molar-refractivity contribution in [3.63, 3.8) is 0 Å². The number of carbonyl (C=O) groups excluding carboxylic acids is 1. The zero-order chi connectivity index (χ0) is 22.7. The van der Waals surface area contributed by atoms with Crippen molar-refractivity contribution in [2.75, 3.05) is 0 Å². The molecule has 0 amide bonds. The molecule has 0 aliphatic rings. The zero-order valence-electron chi connectivity index (χ0n) is 16.5. The molecule has 0 saturated heterocycles. The first-order valence-electron chi connectivity index (χ1n) is 9.52. The Balaban J connectivity index is 1.98. The molecule has 0 aromatic heterocycles. The summed E-state index contributed by atoms with van der Waals surface area (Å²) in [7, 11) is -2.47. The van der Waals surface area contributed by atoms with Crippen LogP contribution in [-0.4, -0.2) is 11.1 Å². The van der Waals surface area contributed by atoms with Crippen LogP contribution in [0.3, 0.4) is 0 Å². The maximum absolute atomic E-state index is 13.4. The van der Waals surface area contributed by atoms with Crippen LogP contribution >= 0.6 is 58.1 Å². The van der Waals surface area contributed by atoms with Crippen molar-refractivity contribution in [2.24, 2.45) is 0 Å². The van der Waals surface area contributed by atoms with Crippen LogP contribution in [0, 0.1) is 0 Å². The van der Waals surface area contributed by atoms with Crippen molar-refractivity contribution >= 4 is 64.1 Å². The van der Waals surface area contributed by atoms with Crippen LogP contribution in [0.1, 0.15) is 10.4 Å². The van der Waals surface area contributed by atoms with E-state index in [1.807, 2.05) is 72.8 Å². The van der Waals surface area contributed by atoms with Crippen LogP contribution in [0.2, 0.25) is 0 Å². The summed E-state index contributed by atoms with van der Waals surface area (Å²) in [5, 5.41) is 10.3. The number of phenolic OH excluding ortho intramolecular Hbond substituents is 1. The van der Waals surface area contributed by atoms with E-state index in [1.54, 1.807) is 18.2 Å². The maximum Gasteiger partial charge on any atom is 0.353 e. The molecule has 4 aromatic rings. The van der Waals surface area contributed by atoms with Crippen molar-refractivity contribution in [3.8, 4) is 5.75 Å². The fraction of sp³-hybridized carbons (Fsp3) is 0. The normalized spacial score (nSPS) is 11.7. The summed E-state index contributed by atoms with van der Waals surface area (Å²) < 4.78 is 9.19. The summed E-state index contributed by atoms with van der Waals surface area (Å²) in [6.07, 6.45) is 0. The van der Waals surface area contributed by atoms with Gasteiger partial charge in [0.15, 0.2) is 0 Å². The number of hydrogen-bond acceptors (Lipinski definition) is 3. The van der Waals surface area contributed by atoms with Gasteiger partial charge in [0.2, 0.25) is 0 Å². The van der Waals surface area contributed by atoms with Gasteiger partial charge in [0, 0.05) is 28.1 Å². The SMILES string of the molecule is O=C(OS(c1ccc(Br)cc1)(c1ccc(Br)cc1)c1ccc(Br)cc1)c1ccccc1O. The molecule has 0 spiro atoms. The lowest BCUT2D eigenvalue weighted by Gasteiger charge is -2.40. The van der Waals surface area contributed by atoms with Crippen molar-refractivity contribution in [1.29, 1.82) is 0 Å². The smallest absolute Gasteiger partial charge is 0.353 e. The molecule has 4 aromatic carbocycles. The molecule has 0 heterocycles. The lowest BCUT2D eigenvalue weighted by molar-refractivity contribution is 0.0754. The molecule has 3 nitrogen and oxygen atoms in total. The fourth-order valence-electron chi connectivity index (χ4n) is 3.24. The molecular formula is C25H17Br3O3S. The number of halogens is 3. The quantitative estimate of drug-likeness (QED) is 0.238. The number of aromatic hydroxyl groups is 1. The molecule has 0 unspecified atom stereocenters. The van der Waals surface area contributed by atoms with E-state index in [0.29, 0.717) is 0 Å². The van der Waals surface area contributed by atoms with Gasteiger partial charge in [-0.2, -0.15) is 0 Å². The van der Waals surface area contributed by atoms with Crippen LogP contribution in [0.4, 0.5) is 0 Å². The summed E-state index contributed by atoms with van der Waals surface area (Å²) in [6.45, 7) is 0. The molecule has 0 bridgehead atoms. The standard InChI is InChI=1S/C25H17Br3O3S/c26-17-5-11-20(12-6-17)32(21-13-7-18(27)8-14-21,22-15-9-19(28)10-16-22)31-25(30)23-3-1-2-4-24(23)29/h1-16,29H. The highest BCUT2D eigenvalue weighted by molar-refractivity contribution is 9.11. The Hall–Kier alpha value is -2.06.